The SMILES string of the molecule is CC(CCC(=O)O)[C@H]1CC[C@H]2[C@@H]3CC=C4CC(O)CC[C@]4(C)[C@H]3CC[C@]12C. The first-order chi connectivity index (χ1) is 12.8. The van der Waals surface area contributed by atoms with E-state index < -0.39 is 5.97 Å². The summed E-state index contributed by atoms with van der Waals surface area (Å²) in [6.07, 6.45) is 13.0. The van der Waals surface area contributed by atoms with Gasteiger partial charge in [-0.3, -0.25) is 4.79 Å². The van der Waals surface area contributed by atoms with Gasteiger partial charge in [0, 0.05) is 6.42 Å². The molecule has 0 aliphatic heterocycles. The monoisotopic (exact) mass is 374 g/mol. The topological polar surface area (TPSA) is 57.5 Å². The van der Waals surface area contributed by atoms with Crippen LogP contribution in [0.15, 0.2) is 11.6 Å². The minimum absolute atomic E-state index is 0.124. The molecule has 4 aliphatic carbocycles. The van der Waals surface area contributed by atoms with Gasteiger partial charge in [0.15, 0.2) is 0 Å². The lowest BCUT2D eigenvalue weighted by molar-refractivity contribution is -0.137. The van der Waals surface area contributed by atoms with E-state index >= 15 is 0 Å². The lowest BCUT2D eigenvalue weighted by Gasteiger charge is -2.58. The fourth-order valence-corrected chi connectivity index (χ4v) is 8.17. The molecule has 4 rings (SSSR count). The van der Waals surface area contributed by atoms with Gasteiger partial charge in [0.25, 0.3) is 0 Å². The molecule has 0 heterocycles. The molecular weight excluding hydrogens is 336 g/mol. The molecule has 3 nitrogen and oxygen atoms in total. The molecule has 0 bridgehead atoms. The average molecular weight is 375 g/mol. The Morgan fingerprint density at radius 2 is 1.96 bits per heavy atom. The Kier molecular flexibility index (Phi) is 4.98. The molecule has 0 aromatic rings. The van der Waals surface area contributed by atoms with E-state index in [-0.39, 0.29) is 6.10 Å². The summed E-state index contributed by atoms with van der Waals surface area (Å²) in [5, 5.41) is 19.2. The predicted octanol–water partition coefficient (Wildman–Crippen LogP) is 5.43. The number of carboxylic acids is 1. The third-order valence-corrected chi connectivity index (χ3v) is 9.65. The predicted molar refractivity (Wildman–Crippen MR) is 107 cm³/mol. The highest BCUT2D eigenvalue weighted by Gasteiger charge is 2.59. The summed E-state index contributed by atoms with van der Waals surface area (Å²) in [5.74, 6) is 2.94. The van der Waals surface area contributed by atoms with E-state index in [9.17, 15) is 9.90 Å². The molecule has 0 aromatic carbocycles. The van der Waals surface area contributed by atoms with Crippen LogP contribution in [0, 0.1) is 40.4 Å². The standard InChI is InChI=1S/C24H38O3/c1-15(4-9-22(26)27)19-7-8-20-18-6-5-16-14-17(25)10-12-23(16,2)21(18)11-13-24(19,20)3/h5,15,17-21,25H,4,6-14H2,1-3H3,(H,26,27)/t15?,17?,18-,19+,20-,21-,23-,24+/m0/s1. The summed E-state index contributed by atoms with van der Waals surface area (Å²) in [5.41, 5.74) is 2.27. The number of aliphatic hydroxyl groups is 1. The van der Waals surface area contributed by atoms with Crippen molar-refractivity contribution >= 4 is 5.97 Å². The van der Waals surface area contributed by atoms with E-state index in [1.165, 1.54) is 32.1 Å². The Hall–Kier alpha value is -0.830. The van der Waals surface area contributed by atoms with Crippen LogP contribution in [0.1, 0.15) is 85.0 Å². The number of aliphatic hydroxyl groups excluding tert-OH is 1. The second-order valence-corrected chi connectivity index (χ2v) is 10.8. The number of hydrogen-bond acceptors (Lipinski definition) is 2. The number of allylic oxidation sites excluding steroid dienone is 1. The molecule has 4 aliphatic rings. The van der Waals surface area contributed by atoms with E-state index in [0.717, 1.165) is 43.4 Å². The van der Waals surface area contributed by atoms with Crippen LogP contribution in [-0.4, -0.2) is 22.3 Å². The first-order valence-corrected chi connectivity index (χ1v) is 11.3. The minimum Gasteiger partial charge on any atom is -0.481 e. The molecule has 152 valence electrons. The number of carbonyl (C=O) groups is 1. The molecule has 0 amide bonds. The van der Waals surface area contributed by atoms with Gasteiger partial charge in [0.05, 0.1) is 6.10 Å². The summed E-state index contributed by atoms with van der Waals surface area (Å²) < 4.78 is 0. The van der Waals surface area contributed by atoms with Crippen LogP contribution in [0.4, 0.5) is 0 Å². The van der Waals surface area contributed by atoms with Crippen LogP contribution in [-0.2, 0) is 4.79 Å². The van der Waals surface area contributed by atoms with E-state index in [2.05, 4.69) is 26.8 Å². The van der Waals surface area contributed by atoms with Crippen LogP contribution in [0.5, 0.6) is 0 Å². The molecule has 27 heavy (non-hydrogen) atoms. The summed E-state index contributed by atoms with van der Waals surface area (Å²) in [6, 6.07) is 0. The maximum absolute atomic E-state index is 11.0. The highest BCUT2D eigenvalue weighted by Crippen LogP contribution is 2.67. The molecule has 0 spiro atoms. The van der Waals surface area contributed by atoms with Crippen molar-refractivity contribution in [2.75, 3.05) is 0 Å². The van der Waals surface area contributed by atoms with Crippen molar-refractivity contribution in [3.63, 3.8) is 0 Å². The van der Waals surface area contributed by atoms with Gasteiger partial charge < -0.3 is 10.2 Å². The highest BCUT2D eigenvalue weighted by molar-refractivity contribution is 5.66. The second-order valence-electron chi connectivity index (χ2n) is 10.8. The Bertz CT molecular complexity index is 625. The van der Waals surface area contributed by atoms with Crippen molar-refractivity contribution in [2.24, 2.45) is 40.4 Å². The van der Waals surface area contributed by atoms with Gasteiger partial charge in [-0.15, -0.1) is 0 Å². The van der Waals surface area contributed by atoms with Crippen molar-refractivity contribution in [3.05, 3.63) is 11.6 Å². The van der Waals surface area contributed by atoms with Gasteiger partial charge in [0.1, 0.15) is 0 Å². The molecular formula is C24H38O3. The quantitative estimate of drug-likeness (QED) is 0.645. The van der Waals surface area contributed by atoms with E-state index in [0.29, 0.717) is 29.1 Å². The number of carboxylic acid groups (broad SMARTS) is 1. The van der Waals surface area contributed by atoms with Gasteiger partial charge in [0.2, 0.25) is 0 Å². The number of rotatable bonds is 4. The Balaban J connectivity index is 1.54. The van der Waals surface area contributed by atoms with Gasteiger partial charge in [-0.25, -0.2) is 0 Å². The maximum Gasteiger partial charge on any atom is 0.303 e. The summed E-state index contributed by atoms with van der Waals surface area (Å²) in [6.45, 7) is 7.33. The lowest BCUT2D eigenvalue weighted by Crippen LogP contribution is -2.50. The molecule has 0 radical (unpaired) electrons. The number of fused-ring (bicyclic) bond motifs is 5. The van der Waals surface area contributed by atoms with E-state index in [4.69, 9.17) is 5.11 Å². The van der Waals surface area contributed by atoms with Crippen molar-refractivity contribution < 1.29 is 15.0 Å². The molecule has 3 fully saturated rings. The Labute approximate surface area is 164 Å². The normalized spacial score (nSPS) is 47.4. The highest BCUT2D eigenvalue weighted by atomic mass is 16.4. The van der Waals surface area contributed by atoms with Gasteiger partial charge in [-0.1, -0.05) is 32.4 Å². The minimum atomic E-state index is -0.650. The number of hydrogen-bond donors (Lipinski definition) is 2. The van der Waals surface area contributed by atoms with Crippen molar-refractivity contribution in [1.82, 2.24) is 0 Å². The maximum atomic E-state index is 11.0. The van der Waals surface area contributed by atoms with Crippen LogP contribution >= 0.6 is 0 Å². The summed E-state index contributed by atoms with van der Waals surface area (Å²) in [7, 11) is 0. The largest absolute Gasteiger partial charge is 0.481 e. The van der Waals surface area contributed by atoms with Gasteiger partial charge in [-0.05, 0) is 98.2 Å². The molecule has 8 atom stereocenters. The zero-order chi connectivity index (χ0) is 19.4. The first kappa shape index (κ1) is 19.5. The summed E-state index contributed by atoms with van der Waals surface area (Å²) in [4.78, 5) is 11.0. The number of aliphatic carboxylic acids is 1. The fraction of sp³-hybridized carbons (Fsp3) is 0.875. The third-order valence-electron chi connectivity index (χ3n) is 9.65. The van der Waals surface area contributed by atoms with Crippen LogP contribution < -0.4 is 0 Å². The Morgan fingerprint density at radius 3 is 2.70 bits per heavy atom. The van der Waals surface area contributed by atoms with Gasteiger partial charge >= 0.3 is 5.97 Å². The second kappa shape index (κ2) is 6.90. The summed E-state index contributed by atoms with van der Waals surface area (Å²) >= 11 is 0. The van der Waals surface area contributed by atoms with E-state index in [1.54, 1.807) is 5.57 Å². The lowest BCUT2D eigenvalue weighted by atomic mass is 9.47. The van der Waals surface area contributed by atoms with Crippen molar-refractivity contribution in [1.29, 1.82) is 0 Å². The molecule has 2 unspecified atom stereocenters. The molecule has 3 saturated carbocycles. The Morgan fingerprint density at radius 1 is 1.19 bits per heavy atom. The van der Waals surface area contributed by atoms with Crippen LogP contribution in [0.3, 0.4) is 0 Å². The van der Waals surface area contributed by atoms with Crippen LogP contribution in [0.25, 0.3) is 0 Å². The smallest absolute Gasteiger partial charge is 0.303 e. The first-order valence-electron chi connectivity index (χ1n) is 11.3. The molecule has 0 aromatic heterocycles. The van der Waals surface area contributed by atoms with Crippen molar-refractivity contribution in [3.8, 4) is 0 Å². The van der Waals surface area contributed by atoms with Gasteiger partial charge in [-0.2, -0.15) is 0 Å². The van der Waals surface area contributed by atoms with Crippen LogP contribution in [0.2, 0.25) is 0 Å². The average Bonchev–Trinajstić information content (AvgIpc) is 2.97. The fourth-order valence-electron chi connectivity index (χ4n) is 8.17. The molecule has 2 N–H and O–H groups in total. The molecule has 3 heteroatoms. The van der Waals surface area contributed by atoms with E-state index in [1.807, 2.05) is 0 Å². The zero-order valence-corrected chi connectivity index (χ0v) is 17.4. The van der Waals surface area contributed by atoms with Crippen molar-refractivity contribution in [2.45, 2.75) is 91.1 Å². The third kappa shape index (κ3) is 3.09. The molecule has 0 saturated heterocycles. The zero-order valence-electron chi connectivity index (χ0n) is 17.4.